The monoisotopic (exact) mass is 450 g/mol. The summed E-state index contributed by atoms with van der Waals surface area (Å²) in [7, 11) is 1.51. The van der Waals surface area contributed by atoms with Crippen LogP contribution in [-0.4, -0.2) is 69.0 Å². The largest absolute Gasteiger partial charge is 0.375 e. The maximum Gasteiger partial charge on any atom is 0.272 e. The van der Waals surface area contributed by atoms with Crippen molar-refractivity contribution in [3.05, 3.63) is 22.3 Å². The summed E-state index contributed by atoms with van der Waals surface area (Å²) in [6.07, 6.45) is 0. The first-order chi connectivity index (χ1) is 14.0. The van der Waals surface area contributed by atoms with Crippen LogP contribution in [0.4, 0.5) is 5.13 Å². The maximum atomic E-state index is 12.7. The van der Waals surface area contributed by atoms with Gasteiger partial charge >= 0.3 is 0 Å². The van der Waals surface area contributed by atoms with Crippen LogP contribution < -0.4 is 11.1 Å². The molecule has 0 spiro atoms. The average Bonchev–Trinajstić information content (AvgIpc) is 3.37. The molecule has 2 atom stereocenters. The number of hydrogen-bond acceptors (Lipinski definition) is 11. The van der Waals surface area contributed by atoms with Gasteiger partial charge in [-0.1, -0.05) is 0 Å². The number of allylic oxidation sites excluding steroid dienone is 1. The Kier molecular flexibility index (Phi) is 5.69. The van der Waals surface area contributed by atoms with Gasteiger partial charge in [0, 0.05) is 29.6 Å². The summed E-state index contributed by atoms with van der Waals surface area (Å²) in [6, 6.07) is -0.582. The summed E-state index contributed by atoms with van der Waals surface area (Å²) >= 11 is 4.47. The first-order valence-electron chi connectivity index (χ1n) is 8.68. The number of hydrogen-bond donors (Lipinski definition) is 2. The molecule has 0 bridgehead atoms. The second-order valence-corrected chi connectivity index (χ2v) is 9.41. The molecule has 2 unspecified atom stereocenters. The Morgan fingerprint density at radius 3 is 3.00 bits per heavy atom. The second-order valence-electron chi connectivity index (χ2n) is 6.36. The van der Waals surface area contributed by atoms with E-state index in [1.165, 1.54) is 24.0 Å². The molecule has 4 rings (SSSR count). The average molecular weight is 451 g/mol. The molecule has 1 aromatic heterocycles. The third-order valence-electron chi connectivity index (χ3n) is 4.67. The number of carbonyl (C=O) groups is 2. The van der Waals surface area contributed by atoms with Gasteiger partial charge in [0.2, 0.25) is 0 Å². The van der Waals surface area contributed by atoms with E-state index in [0.717, 1.165) is 22.2 Å². The van der Waals surface area contributed by atoms with E-state index in [0.29, 0.717) is 17.4 Å². The van der Waals surface area contributed by atoms with Crippen molar-refractivity contribution in [2.24, 2.45) is 20.4 Å². The SMILES string of the molecule is CN=C(C(=O)NC1C(=O)N2C(C)=C(CSC3=NN=NC3)CSC12)c1csc(N)n1. The molecule has 0 saturated carbocycles. The van der Waals surface area contributed by atoms with Crippen LogP contribution >= 0.6 is 34.9 Å². The number of nitrogens with zero attached hydrogens (tertiary/aromatic N) is 6. The zero-order valence-electron chi connectivity index (χ0n) is 15.7. The summed E-state index contributed by atoms with van der Waals surface area (Å²) in [6.45, 7) is 2.47. The number of aliphatic imine (C=N–C) groups is 1. The molecular weight excluding hydrogens is 432 g/mol. The molecule has 10 nitrogen and oxygen atoms in total. The molecule has 1 saturated heterocycles. The molecule has 0 radical (unpaired) electrons. The fourth-order valence-electron chi connectivity index (χ4n) is 3.12. The fraction of sp³-hybridized carbons (Fsp3) is 0.438. The quantitative estimate of drug-likeness (QED) is 0.513. The number of anilines is 1. The highest BCUT2D eigenvalue weighted by Crippen LogP contribution is 2.40. The predicted octanol–water partition coefficient (Wildman–Crippen LogP) is 1.33. The predicted molar refractivity (Wildman–Crippen MR) is 116 cm³/mol. The van der Waals surface area contributed by atoms with Crippen molar-refractivity contribution >= 4 is 62.6 Å². The van der Waals surface area contributed by atoms with Crippen LogP contribution in [0.2, 0.25) is 0 Å². The fourth-order valence-corrected chi connectivity index (χ4v) is 6.16. The number of thioether (sulfide) groups is 2. The van der Waals surface area contributed by atoms with Crippen LogP contribution in [0.15, 0.2) is 37.1 Å². The molecule has 152 valence electrons. The molecule has 4 heterocycles. The van der Waals surface area contributed by atoms with Gasteiger partial charge in [0.1, 0.15) is 34.4 Å². The number of amides is 2. The molecule has 29 heavy (non-hydrogen) atoms. The molecule has 3 aliphatic heterocycles. The van der Waals surface area contributed by atoms with Crippen LogP contribution in [-0.2, 0) is 9.59 Å². The second kappa shape index (κ2) is 8.24. The van der Waals surface area contributed by atoms with Gasteiger partial charge in [-0.2, -0.15) is 5.11 Å². The summed E-state index contributed by atoms with van der Waals surface area (Å²) < 4.78 is 0. The summed E-state index contributed by atoms with van der Waals surface area (Å²) in [5.41, 5.74) is 8.35. The van der Waals surface area contributed by atoms with E-state index in [1.807, 2.05) is 6.92 Å². The molecule has 3 N–H and O–H groups in total. The van der Waals surface area contributed by atoms with Gasteiger partial charge in [0.25, 0.3) is 11.8 Å². The lowest BCUT2D eigenvalue weighted by atomic mass is 10.0. The Morgan fingerprint density at radius 2 is 2.34 bits per heavy atom. The van der Waals surface area contributed by atoms with Crippen LogP contribution in [0, 0.1) is 0 Å². The third-order valence-corrected chi connectivity index (χ3v) is 7.72. The number of β-lactam (4-membered cyclic amide) rings is 1. The van der Waals surface area contributed by atoms with E-state index in [4.69, 9.17) is 5.73 Å². The van der Waals surface area contributed by atoms with Gasteiger partial charge in [-0.25, -0.2) is 4.98 Å². The van der Waals surface area contributed by atoms with E-state index >= 15 is 0 Å². The molecular formula is C16H18N8O2S3. The molecule has 13 heteroatoms. The molecule has 0 aliphatic carbocycles. The third kappa shape index (κ3) is 3.81. The Labute approximate surface area is 179 Å². The van der Waals surface area contributed by atoms with Gasteiger partial charge in [-0.15, -0.1) is 40.0 Å². The Balaban J connectivity index is 1.40. The van der Waals surface area contributed by atoms with Gasteiger partial charge in [-0.3, -0.25) is 19.5 Å². The number of thiazole rings is 1. The van der Waals surface area contributed by atoms with E-state index < -0.39 is 11.9 Å². The van der Waals surface area contributed by atoms with Crippen molar-refractivity contribution in [2.45, 2.75) is 18.3 Å². The summed E-state index contributed by atoms with van der Waals surface area (Å²) in [5.74, 6) is 0.991. The lowest BCUT2D eigenvalue weighted by Gasteiger charge is -2.50. The van der Waals surface area contributed by atoms with E-state index in [9.17, 15) is 9.59 Å². The number of rotatable bonds is 5. The van der Waals surface area contributed by atoms with Crippen LogP contribution in [0.3, 0.4) is 0 Å². The van der Waals surface area contributed by atoms with Crippen molar-refractivity contribution in [1.29, 1.82) is 0 Å². The Bertz CT molecular complexity index is 983. The lowest BCUT2D eigenvalue weighted by Crippen LogP contribution is -2.70. The van der Waals surface area contributed by atoms with Crippen molar-refractivity contribution in [3.63, 3.8) is 0 Å². The Hall–Kier alpha value is -2.25. The first-order valence-corrected chi connectivity index (χ1v) is 11.6. The highest BCUT2D eigenvalue weighted by atomic mass is 32.2. The number of carbonyl (C=O) groups excluding carboxylic acids is 2. The smallest absolute Gasteiger partial charge is 0.272 e. The standard InChI is InChI=1S/C16H18N8O2S3/c1-7-8(4-27-10-3-19-23-22-10)5-28-15-12(14(26)24(7)15)21-13(25)11(18-2)9-6-29-16(17)20-9/h6,12,15H,3-5H2,1-2H3,(H2,17,20)(H,21,25). The normalized spacial score (nSPS) is 23.8. The van der Waals surface area contributed by atoms with Crippen LogP contribution in [0.5, 0.6) is 0 Å². The van der Waals surface area contributed by atoms with E-state index in [1.54, 1.807) is 33.8 Å². The lowest BCUT2D eigenvalue weighted by molar-refractivity contribution is -0.144. The highest BCUT2D eigenvalue weighted by molar-refractivity contribution is 8.14. The minimum Gasteiger partial charge on any atom is -0.375 e. The number of fused-ring (bicyclic) bond motifs is 1. The number of nitrogens with one attached hydrogen (secondary N) is 1. The van der Waals surface area contributed by atoms with Crippen molar-refractivity contribution in [3.8, 4) is 0 Å². The molecule has 2 amide bonds. The minimum absolute atomic E-state index is 0.118. The molecule has 3 aliphatic rings. The number of nitrogens with two attached hydrogens (primary N) is 1. The van der Waals surface area contributed by atoms with Gasteiger partial charge in [0.05, 0.1) is 0 Å². The maximum absolute atomic E-state index is 12.7. The van der Waals surface area contributed by atoms with E-state index in [2.05, 4.69) is 30.7 Å². The Morgan fingerprint density at radius 1 is 1.52 bits per heavy atom. The number of aromatic nitrogens is 1. The van der Waals surface area contributed by atoms with Crippen LogP contribution in [0.1, 0.15) is 12.6 Å². The van der Waals surface area contributed by atoms with Crippen molar-refractivity contribution in [2.75, 3.05) is 30.8 Å². The van der Waals surface area contributed by atoms with Crippen molar-refractivity contribution in [1.82, 2.24) is 15.2 Å². The van der Waals surface area contributed by atoms with E-state index in [-0.39, 0.29) is 17.0 Å². The molecule has 0 aromatic carbocycles. The van der Waals surface area contributed by atoms with Gasteiger partial charge < -0.3 is 11.1 Å². The highest BCUT2D eigenvalue weighted by Gasteiger charge is 2.51. The van der Waals surface area contributed by atoms with Crippen LogP contribution in [0.25, 0.3) is 0 Å². The zero-order chi connectivity index (χ0) is 20.5. The topological polar surface area (TPSA) is 138 Å². The first kappa shape index (κ1) is 20.0. The summed E-state index contributed by atoms with van der Waals surface area (Å²) in [4.78, 5) is 35.3. The van der Waals surface area contributed by atoms with Gasteiger partial charge in [-0.05, 0) is 17.7 Å². The minimum atomic E-state index is -0.582. The molecule has 1 fully saturated rings. The molecule has 1 aromatic rings. The van der Waals surface area contributed by atoms with Gasteiger partial charge in [0.15, 0.2) is 5.13 Å². The zero-order valence-corrected chi connectivity index (χ0v) is 18.1. The van der Waals surface area contributed by atoms with Crippen molar-refractivity contribution < 1.29 is 9.59 Å². The summed E-state index contributed by atoms with van der Waals surface area (Å²) in [5, 5.41) is 17.0. The number of nitrogen functional groups attached to an aromatic ring is 1.